The maximum Gasteiger partial charge on any atom is 0.416 e. The van der Waals surface area contributed by atoms with Crippen LogP contribution in [0.4, 0.5) is 13.2 Å². The van der Waals surface area contributed by atoms with E-state index in [-0.39, 0.29) is 11.2 Å². The molecule has 6 heteroatoms. The van der Waals surface area contributed by atoms with Gasteiger partial charge in [0.2, 0.25) is 0 Å². The fraction of sp³-hybridized carbons (Fsp3) is 0.261. The smallest absolute Gasteiger partial charge is 0.313 e. The van der Waals surface area contributed by atoms with Gasteiger partial charge in [-0.05, 0) is 53.8 Å². The van der Waals surface area contributed by atoms with Gasteiger partial charge in [0.1, 0.15) is 0 Å². The van der Waals surface area contributed by atoms with E-state index in [4.69, 9.17) is 0 Å². The van der Waals surface area contributed by atoms with Crippen LogP contribution in [0.1, 0.15) is 41.9 Å². The Balaban J connectivity index is 1.99. The number of fused-ring (bicyclic) bond motifs is 1. The number of halogens is 4. The number of nitrogens with zero attached hydrogens (tertiary/aromatic N) is 1. The van der Waals surface area contributed by atoms with Gasteiger partial charge in [-0.3, -0.25) is 4.79 Å². The standard InChI is InChI=1S/C23H19BrF3NO/c1-22(2)12-20-18(21(29)13-22)11-19(14-6-8-16(24)9-7-14)28(20)17-5-3-4-15(10-17)23(25,26)27/h3-11H,12-13H2,1-2H3. The molecule has 3 aromatic rings. The molecule has 0 N–H and O–H groups in total. The second-order valence-electron chi connectivity index (χ2n) is 8.22. The van der Waals surface area contributed by atoms with Crippen LogP contribution in [-0.4, -0.2) is 10.4 Å². The maximum atomic E-state index is 13.3. The molecule has 150 valence electrons. The van der Waals surface area contributed by atoms with Crippen molar-refractivity contribution < 1.29 is 18.0 Å². The maximum absolute atomic E-state index is 13.3. The first-order valence-corrected chi connectivity index (χ1v) is 10.1. The highest BCUT2D eigenvalue weighted by molar-refractivity contribution is 9.10. The molecular formula is C23H19BrF3NO. The molecule has 0 atom stereocenters. The summed E-state index contributed by atoms with van der Waals surface area (Å²) in [4.78, 5) is 12.8. The molecule has 0 amide bonds. The van der Waals surface area contributed by atoms with E-state index >= 15 is 0 Å². The predicted octanol–water partition coefficient (Wildman–Crippen LogP) is 7.08. The summed E-state index contributed by atoms with van der Waals surface area (Å²) in [6, 6.07) is 14.6. The van der Waals surface area contributed by atoms with Gasteiger partial charge in [0.25, 0.3) is 0 Å². The van der Waals surface area contributed by atoms with Crippen LogP contribution in [0.15, 0.2) is 59.1 Å². The zero-order valence-electron chi connectivity index (χ0n) is 16.0. The molecule has 4 rings (SSSR count). The van der Waals surface area contributed by atoms with Crippen molar-refractivity contribution in [3.05, 3.63) is 75.9 Å². The Morgan fingerprint density at radius 3 is 2.34 bits per heavy atom. The topological polar surface area (TPSA) is 22.0 Å². The first-order chi connectivity index (χ1) is 13.5. The Hall–Kier alpha value is -2.34. The van der Waals surface area contributed by atoms with E-state index in [0.29, 0.717) is 29.8 Å². The minimum atomic E-state index is -4.43. The van der Waals surface area contributed by atoms with Crippen LogP contribution in [0, 0.1) is 5.41 Å². The molecule has 1 aliphatic rings. The Bertz CT molecular complexity index is 1090. The molecule has 0 fully saturated rings. The fourth-order valence-corrected chi connectivity index (χ4v) is 4.23. The molecule has 2 nitrogen and oxygen atoms in total. The summed E-state index contributed by atoms with van der Waals surface area (Å²) in [5.74, 6) is 0.0281. The number of carbonyl (C=O) groups excluding carboxylic acids is 1. The molecule has 1 aliphatic carbocycles. The number of ketones is 1. The number of rotatable bonds is 2. The van der Waals surface area contributed by atoms with Crippen molar-refractivity contribution in [1.29, 1.82) is 0 Å². The molecule has 0 bridgehead atoms. The number of aromatic nitrogens is 1. The number of Topliss-reactive ketones (excluding diaryl/α,β-unsaturated/α-hetero) is 1. The van der Waals surface area contributed by atoms with E-state index in [1.807, 2.05) is 48.7 Å². The van der Waals surface area contributed by atoms with E-state index < -0.39 is 11.7 Å². The van der Waals surface area contributed by atoms with Crippen LogP contribution in [0.2, 0.25) is 0 Å². The molecule has 29 heavy (non-hydrogen) atoms. The third-order valence-electron chi connectivity index (χ3n) is 5.26. The summed E-state index contributed by atoms with van der Waals surface area (Å²) in [5, 5.41) is 0. The van der Waals surface area contributed by atoms with Gasteiger partial charge >= 0.3 is 6.18 Å². The molecule has 0 spiro atoms. The van der Waals surface area contributed by atoms with Gasteiger partial charge in [0, 0.05) is 27.8 Å². The monoisotopic (exact) mass is 461 g/mol. The normalized spacial score (nSPS) is 16.0. The molecule has 2 aromatic carbocycles. The van der Waals surface area contributed by atoms with E-state index in [0.717, 1.165) is 27.9 Å². The summed E-state index contributed by atoms with van der Waals surface area (Å²) in [6.45, 7) is 4.02. The molecule has 0 saturated heterocycles. The third-order valence-corrected chi connectivity index (χ3v) is 5.79. The van der Waals surface area contributed by atoms with Crippen molar-refractivity contribution in [2.75, 3.05) is 0 Å². The van der Waals surface area contributed by atoms with E-state index in [9.17, 15) is 18.0 Å². The second-order valence-corrected chi connectivity index (χ2v) is 9.14. The Morgan fingerprint density at radius 2 is 1.69 bits per heavy atom. The number of hydrogen-bond donors (Lipinski definition) is 0. The van der Waals surface area contributed by atoms with Gasteiger partial charge in [0.15, 0.2) is 5.78 Å². The molecule has 1 heterocycles. The number of alkyl halides is 3. The number of benzene rings is 2. The van der Waals surface area contributed by atoms with Gasteiger partial charge in [-0.15, -0.1) is 0 Å². The average Bonchev–Trinajstić information content (AvgIpc) is 3.00. The van der Waals surface area contributed by atoms with Crippen molar-refractivity contribution in [1.82, 2.24) is 4.57 Å². The molecule has 0 radical (unpaired) electrons. The van der Waals surface area contributed by atoms with Crippen LogP contribution in [0.25, 0.3) is 16.9 Å². The molecule has 1 aromatic heterocycles. The third kappa shape index (κ3) is 3.78. The quantitative estimate of drug-likeness (QED) is 0.399. The molecular weight excluding hydrogens is 443 g/mol. The Labute approximate surface area is 175 Å². The highest BCUT2D eigenvalue weighted by atomic mass is 79.9. The summed E-state index contributed by atoms with van der Waals surface area (Å²) in [7, 11) is 0. The van der Waals surface area contributed by atoms with Crippen molar-refractivity contribution in [2.24, 2.45) is 5.41 Å². The Morgan fingerprint density at radius 1 is 1.00 bits per heavy atom. The lowest BCUT2D eigenvalue weighted by molar-refractivity contribution is -0.137. The van der Waals surface area contributed by atoms with Crippen LogP contribution >= 0.6 is 15.9 Å². The van der Waals surface area contributed by atoms with Gasteiger partial charge in [-0.2, -0.15) is 13.2 Å². The van der Waals surface area contributed by atoms with Crippen molar-refractivity contribution in [3.63, 3.8) is 0 Å². The molecule has 0 saturated carbocycles. The first-order valence-electron chi connectivity index (χ1n) is 9.27. The van der Waals surface area contributed by atoms with Gasteiger partial charge in [-0.1, -0.05) is 48.0 Å². The zero-order chi connectivity index (χ0) is 21.0. The summed E-state index contributed by atoms with van der Waals surface area (Å²) in [6.07, 6.45) is -3.40. The largest absolute Gasteiger partial charge is 0.416 e. The fourth-order valence-electron chi connectivity index (χ4n) is 3.96. The minimum Gasteiger partial charge on any atom is -0.313 e. The van der Waals surface area contributed by atoms with Crippen molar-refractivity contribution in [3.8, 4) is 16.9 Å². The lowest BCUT2D eigenvalue weighted by Gasteiger charge is -2.30. The summed E-state index contributed by atoms with van der Waals surface area (Å²) < 4.78 is 42.7. The molecule has 0 unspecified atom stereocenters. The lowest BCUT2D eigenvalue weighted by Crippen LogP contribution is -2.27. The highest BCUT2D eigenvalue weighted by Crippen LogP contribution is 2.41. The Kier molecular flexibility index (Phi) is 4.73. The van der Waals surface area contributed by atoms with Crippen LogP contribution in [0.5, 0.6) is 0 Å². The molecule has 0 aliphatic heterocycles. The van der Waals surface area contributed by atoms with Gasteiger partial charge in [-0.25, -0.2) is 0 Å². The predicted molar refractivity (Wildman–Crippen MR) is 110 cm³/mol. The minimum absolute atomic E-state index is 0.0281. The number of hydrogen-bond acceptors (Lipinski definition) is 1. The average molecular weight is 462 g/mol. The van der Waals surface area contributed by atoms with Gasteiger partial charge < -0.3 is 4.57 Å². The summed E-state index contributed by atoms with van der Waals surface area (Å²) >= 11 is 3.41. The van der Waals surface area contributed by atoms with Crippen LogP contribution < -0.4 is 0 Å². The van der Waals surface area contributed by atoms with Crippen molar-refractivity contribution >= 4 is 21.7 Å². The van der Waals surface area contributed by atoms with Gasteiger partial charge in [0.05, 0.1) is 11.3 Å². The lowest BCUT2D eigenvalue weighted by atomic mass is 9.76. The van der Waals surface area contributed by atoms with Crippen LogP contribution in [0.3, 0.4) is 0 Å². The zero-order valence-corrected chi connectivity index (χ0v) is 17.6. The SMILES string of the molecule is CC1(C)CC(=O)c2cc(-c3ccc(Br)cc3)n(-c3cccc(C(F)(F)F)c3)c2C1. The van der Waals surface area contributed by atoms with E-state index in [2.05, 4.69) is 15.9 Å². The van der Waals surface area contributed by atoms with Crippen molar-refractivity contribution in [2.45, 2.75) is 32.9 Å². The summed E-state index contributed by atoms with van der Waals surface area (Å²) in [5.41, 5.74) is 2.37. The van der Waals surface area contributed by atoms with E-state index in [1.54, 1.807) is 6.07 Å². The number of carbonyl (C=O) groups is 1. The van der Waals surface area contributed by atoms with Crippen LogP contribution in [-0.2, 0) is 12.6 Å². The first kappa shape index (κ1) is 20.0. The highest BCUT2D eigenvalue weighted by Gasteiger charge is 2.36. The van der Waals surface area contributed by atoms with E-state index in [1.165, 1.54) is 6.07 Å². The second kappa shape index (κ2) is 6.87.